The standard InChI is InChI=1S/C25H23N3O5S/c1-13(2)15-4-6-16(7-5-15)21-20(23(30)24(31)28(21)25-27-26-14(3)34-25)22(29)17-8-9-18-19(12-17)33-11-10-32-18/h4-9,12-13,21,29H,10-11H2,1-3H3. The lowest BCUT2D eigenvalue weighted by atomic mass is 9.93. The van der Waals surface area contributed by atoms with Crippen molar-refractivity contribution in [1.82, 2.24) is 10.2 Å². The Kier molecular flexibility index (Phi) is 5.57. The van der Waals surface area contributed by atoms with Crippen molar-refractivity contribution in [3.63, 3.8) is 0 Å². The number of nitrogens with zero attached hydrogens (tertiary/aromatic N) is 3. The maximum absolute atomic E-state index is 13.2. The largest absolute Gasteiger partial charge is 0.507 e. The Morgan fingerprint density at radius 1 is 1.06 bits per heavy atom. The molecule has 2 aliphatic rings. The third-order valence-electron chi connectivity index (χ3n) is 5.90. The molecule has 9 heteroatoms. The topological polar surface area (TPSA) is 102 Å². The van der Waals surface area contributed by atoms with E-state index >= 15 is 0 Å². The number of aryl methyl sites for hydroxylation is 1. The molecule has 1 amide bonds. The van der Waals surface area contributed by atoms with Crippen LogP contribution in [0.4, 0.5) is 5.13 Å². The Morgan fingerprint density at radius 3 is 2.41 bits per heavy atom. The predicted octanol–water partition coefficient (Wildman–Crippen LogP) is 4.37. The van der Waals surface area contributed by atoms with Gasteiger partial charge in [0.15, 0.2) is 11.5 Å². The van der Waals surface area contributed by atoms with Gasteiger partial charge in [0, 0.05) is 5.56 Å². The Labute approximate surface area is 200 Å². The maximum atomic E-state index is 13.2. The van der Waals surface area contributed by atoms with Crippen LogP contribution in [0.2, 0.25) is 0 Å². The lowest BCUT2D eigenvalue weighted by Crippen LogP contribution is -2.29. The van der Waals surface area contributed by atoms with Gasteiger partial charge >= 0.3 is 5.91 Å². The Bertz CT molecular complexity index is 1310. The lowest BCUT2D eigenvalue weighted by molar-refractivity contribution is -0.132. The van der Waals surface area contributed by atoms with Gasteiger partial charge in [-0.2, -0.15) is 0 Å². The average molecular weight is 478 g/mol. The fraction of sp³-hybridized carbons (Fsp3) is 0.280. The minimum atomic E-state index is -0.846. The van der Waals surface area contributed by atoms with E-state index in [2.05, 4.69) is 24.0 Å². The number of Topliss-reactive ketones (excluding diaryl/α,β-unsaturated/α-hetero) is 1. The summed E-state index contributed by atoms with van der Waals surface area (Å²) < 4.78 is 11.2. The second-order valence-corrected chi connectivity index (χ2v) is 9.61. The third kappa shape index (κ3) is 3.71. The van der Waals surface area contributed by atoms with E-state index < -0.39 is 17.7 Å². The number of amides is 1. The third-order valence-corrected chi connectivity index (χ3v) is 6.74. The molecule has 174 valence electrons. The molecule has 0 aliphatic carbocycles. The number of aliphatic hydroxyl groups excluding tert-OH is 1. The number of rotatable bonds is 4. The number of hydrogen-bond acceptors (Lipinski definition) is 8. The molecular formula is C25H23N3O5S. The highest BCUT2D eigenvalue weighted by molar-refractivity contribution is 7.15. The highest BCUT2D eigenvalue weighted by atomic mass is 32.1. The first-order valence-electron chi connectivity index (χ1n) is 11.0. The quantitative estimate of drug-likeness (QED) is 0.338. The first-order valence-corrected chi connectivity index (χ1v) is 11.8. The molecule has 5 rings (SSSR count). The average Bonchev–Trinajstić information content (AvgIpc) is 3.38. The van der Waals surface area contributed by atoms with Gasteiger partial charge in [-0.3, -0.25) is 14.5 Å². The van der Waals surface area contributed by atoms with Crippen LogP contribution in [0.1, 0.15) is 47.5 Å². The lowest BCUT2D eigenvalue weighted by Gasteiger charge is -2.23. The summed E-state index contributed by atoms with van der Waals surface area (Å²) in [5, 5.41) is 20.4. The summed E-state index contributed by atoms with van der Waals surface area (Å²) in [5.41, 5.74) is 2.17. The number of ketones is 1. The van der Waals surface area contributed by atoms with Gasteiger partial charge in [-0.25, -0.2) is 0 Å². The molecule has 1 atom stereocenters. The molecule has 1 aromatic heterocycles. The summed E-state index contributed by atoms with van der Waals surface area (Å²) in [6.07, 6.45) is 0. The van der Waals surface area contributed by atoms with Crippen LogP contribution in [-0.4, -0.2) is 40.2 Å². The second-order valence-electron chi connectivity index (χ2n) is 8.45. The predicted molar refractivity (Wildman–Crippen MR) is 127 cm³/mol. The number of ether oxygens (including phenoxy) is 2. The van der Waals surface area contributed by atoms with Crippen molar-refractivity contribution in [3.05, 3.63) is 69.7 Å². The van der Waals surface area contributed by atoms with Crippen LogP contribution in [0.25, 0.3) is 5.76 Å². The SMILES string of the molecule is Cc1nnc(N2C(=O)C(=O)C(=C(O)c3ccc4c(c3)OCCO4)C2c2ccc(C(C)C)cc2)s1. The van der Waals surface area contributed by atoms with Crippen LogP contribution >= 0.6 is 11.3 Å². The number of fused-ring (bicyclic) bond motifs is 1. The molecule has 1 fully saturated rings. The molecule has 3 heterocycles. The molecule has 0 spiro atoms. The van der Waals surface area contributed by atoms with E-state index in [-0.39, 0.29) is 11.3 Å². The van der Waals surface area contributed by atoms with Gasteiger partial charge in [0.05, 0.1) is 11.6 Å². The number of benzene rings is 2. The zero-order valence-corrected chi connectivity index (χ0v) is 19.8. The number of aromatic nitrogens is 2. The fourth-order valence-electron chi connectivity index (χ4n) is 4.14. The highest BCUT2D eigenvalue weighted by Crippen LogP contribution is 2.44. The van der Waals surface area contributed by atoms with Crippen molar-refractivity contribution < 1.29 is 24.2 Å². The number of carbonyl (C=O) groups excluding carboxylic acids is 2. The summed E-state index contributed by atoms with van der Waals surface area (Å²) in [6.45, 7) is 6.79. The van der Waals surface area contributed by atoms with E-state index in [0.717, 1.165) is 5.56 Å². The van der Waals surface area contributed by atoms with Crippen molar-refractivity contribution in [2.45, 2.75) is 32.7 Å². The van der Waals surface area contributed by atoms with Gasteiger partial charge in [-0.15, -0.1) is 10.2 Å². The maximum Gasteiger partial charge on any atom is 0.301 e. The van der Waals surface area contributed by atoms with E-state index in [4.69, 9.17) is 9.47 Å². The van der Waals surface area contributed by atoms with Gasteiger partial charge in [0.2, 0.25) is 5.13 Å². The number of hydrogen-bond donors (Lipinski definition) is 1. The van der Waals surface area contributed by atoms with E-state index in [1.54, 1.807) is 25.1 Å². The monoisotopic (exact) mass is 477 g/mol. The highest BCUT2D eigenvalue weighted by Gasteiger charge is 2.48. The number of carbonyl (C=O) groups is 2. The van der Waals surface area contributed by atoms with Crippen molar-refractivity contribution >= 4 is 33.9 Å². The zero-order chi connectivity index (χ0) is 24.0. The van der Waals surface area contributed by atoms with E-state index in [1.807, 2.05) is 24.3 Å². The van der Waals surface area contributed by atoms with E-state index in [9.17, 15) is 14.7 Å². The summed E-state index contributed by atoms with van der Waals surface area (Å²) in [7, 11) is 0. The molecule has 0 bridgehead atoms. The molecule has 1 unspecified atom stereocenters. The van der Waals surface area contributed by atoms with E-state index in [0.29, 0.717) is 51.9 Å². The van der Waals surface area contributed by atoms with Crippen LogP contribution < -0.4 is 14.4 Å². The zero-order valence-electron chi connectivity index (χ0n) is 18.9. The minimum absolute atomic E-state index is 0.00757. The molecule has 1 saturated heterocycles. The summed E-state index contributed by atoms with van der Waals surface area (Å²) in [5.74, 6) is -0.456. The van der Waals surface area contributed by atoms with Gasteiger partial charge in [-0.05, 0) is 42.2 Å². The van der Waals surface area contributed by atoms with Crippen LogP contribution in [0.3, 0.4) is 0 Å². The van der Waals surface area contributed by atoms with Crippen molar-refractivity contribution in [2.24, 2.45) is 0 Å². The number of anilines is 1. The second kappa shape index (κ2) is 8.57. The minimum Gasteiger partial charge on any atom is -0.507 e. The molecule has 8 nitrogen and oxygen atoms in total. The van der Waals surface area contributed by atoms with Crippen LogP contribution in [0.15, 0.2) is 48.0 Å². The first-order chi connectivity index (χ1) is 16.3. The molecule has 0 radical (unpaired) electrons. The summed E-state index contributed by atoms with van der Waals surface area (Å²) in [6, 6.07) is 11.8. The van der Waals surface area contributed by atoms with E-state index in [1.165, 1.54) is 16.2 Å². The molecular weight excluding hydrogens is 454 g/mol. The molecule has 3 aromatic rings. The normalized spacial score (nSPS) is 19.2. The molecule has 34 heavy (non-hydrogen) atoms. The Morgan fingerprint density at radius 2 is 1.76 bits per heavy atom. The van der Waals surface area contributed by atoms with Crippen molar-refractivity contribution in [2.75, 3.05) is 18.1 Å². The Balaban J connectivity index is 1.67. The molecule has 0 saturated carbocycles. The van der Waals surface area contributed by atoms with Crippen LogP contribution in [0, 0.1) is 6.92 Å². The van der Waals surface area contributed by atoms with Crippen molar-refractivity contribution in [1.29, 1.82) is 0 Å². The smallest absolute Gasteiger partial charge is 0.301 e. The summed E-state index contributed by atoms with van der Waals surface area (Å²) >= 11 is 1.22. The first kappa shape index (κ1) is 22.1. The van der Waals surface area contributed by atoms with Gasteiger partial charge < -0.3 is 14.6 Å². The molecule has 2 aromatic carbocycles. The number of aliphatic hydroxyl groups is 1. The van der Waals surface area contributed by atoms with Gasteiger partial charge in [0.1, 0.15) is 24.0 Å². The molecule has 2 aliphatic heterocycles. The molecule has 1 N–H and O–H groups in total. The van der Waals surface area contributed by atoms with Gasteiger partial charge in [-0.1, -0.05) is 49.4 Å². The van der Waals surface area contributed by atoms with Crippen LogP contribution in [-0.2, 0) is 9.59 Å². The van der Waals surface area contributed by atoms with Crippen LogP contribution in [0.5, 0.6) is 11.5 Å². The van der Waals surface area contributed by atoms with Crippen molar-refractivity contribution in [3.8, 4) is 11.5 Å². The van der Waals surface area contributed by atoms with Gasteiger partial charge in [0.25, 0.3) is 5.78 Å². The summed E-state index contributed by atoms with van der Waals surface area (Å²) in [4.78, 5) is 27.7. The fourth-order valence-corrected chi connectivity index (χ4v) is 4.85. The Hall–Kier alpha value is -3.72.